The van der Waals surface area contributed by atoms with Gasteiger partial charge in [-0.15, -0.1) is 0 Å². The molecule has 0 bridgehead atoms. The first-order valence-corrected chi connectivity index (χ1v) is 7.06. The predicted octanol–water partition coefficient (Wildman–Crippen LogP) is 2.51. The number of rotatable bonds is 2. The van der Waals surface area contributed by atoms with E-state index in [-0.39, 0.29) is 17.4 Å². The molecule has 0 radical (unpaired) electrons. The van der Waals surface area contributed by atoms with Crippen molar-refractivity contribution < 1.29 is 4.79 Å². The first kappa shape index (κ1) is 14.6. The second-order valence-electron chi connectivity index (χ2n) is 6.75. The van der Waals surface area contributed by atoms with Crippen molar-refractivity contribution in [3.8, 4) is 6.07 Å². The number of hydrogen-bond donors (Lipinski definition) is 1. The molecular formula is C15H22N4O. The number of nitrogens with two attached hydrogens (primary N) is 1. The number of carbonyl (C=O) groups is 1. The molecule has 1 aromatic heterocycles. The van der Waals surface area contributed by atoms with Crippen LogP contribution in [0.1, 0.15) is 56.4 Å². The summed E-state index contributed by atoms with van der Waals surface area (Å²) in [6, 6.07) is 2.42. The van der Waals surface area contributed by atoms with Crippen LogP contribution in [-0.4, -0.2) is 15.7 Å². The molecule has 1 aliphatic rings. The highest BCUT2D eigenvalue weighted by molar-refractivity contribution is 5.92. The average molecular weight is 274 g/mol. The van der Waals surface area contributed by atoms with Gasteiger partial charge in [-0.25, -0.2) is 0 Å². The molecule has 0 saturated heterocycles. The summed E-state index contributed by atoms with van der Waals surface area (Å²) in [7, 11) is 0. The van der Waals surface area contributed by atoms with E-state index in [0.717, 1.165) is 19.3 Å². The standard InChI is InChI=1S/C15H22N4O/c1-15(2,3)12-5-4-10(7-16)13(6-12)19-9-11(8-18-19)14(17)20/h8-10,12-13H,4-6H2,1-3H3,(H2,17,20). The Bertz CT molecular complexity index is 535. The van der Waals surface area contributed by atoms with Crippen molar-refractivity contribution in [2.75, 3.05) is 0 Å². The zero-order chi connectivity index (χ0) is 14.9. The fourth-order valence-electron chi connectivity index (χ4n) is 3.02. The van der Waals surface area contributed by atoms with Crippen LogP contribution in [0.4, 0.5) is 0 Å². The van der Waals surface area contributed by atoms with Crippen LogP contribution in [0.5, 0.6) is 0 Å². The van der Waals surface area contributed by atoms with Crippen LogP contribution in [0.2, 0.25) is 0 Å². The molecule has 2 N–H and O–H groups in total. The molecule has 5 nitrogen and oxygen atoms in total. The Kier molecular flexibility index (Phi) is 3.85. The Hall–Kier alpha value is -1.83. The van der Waals surface area contributed by atoms with Gasteiger partial charge in [-0.2, -0.15) is 10.4 Å². The summed E-state index contributed by atoms with van der Waals surface area (Å²) in [6.07, 6.45) is 6.03. The van der Waals surface area contributed by atoms with Gasteiger partial charge in [-0.05, 0) is 30.6 Å². The van der Waals surface area contributed by atoms with Crippen LogP contribution < -0.4 is 5.73 Å². The van der Waals surface area contributed by atoms with E-state index in [0.29, 0.717) is 11.5 Å². The normalized spacial score (nSPS) is 27.0. The smallest absolute Gasteiger partial charge is 0.251 e. The Balaban J connectivity index is 2.25. The maximum Gasteiger partial charge on any atom is 0.251 e. The SMILES string of the molecule is CC(C)(C)C1CCC(C#N)C(n2cc(C(N)=O)cn2)C1. The van der Waals surface area contributed by atoms with E-state index in [1.807, 2.05) is 0 Å². The third-order valence-electron chi connectivity index (χ3n) is 4.43. The Morgan fingerprint density at radius 3 is 2.70 bits per heavy atom. The number of hydrogen-bond acceptors (Lipinski definition) is 3. The lowest BCUT2D eigenvalue weighted by Gasteiger charge is -2.39. The van der Waals surface area contributed by atoms with Gasteiger partial charge in [0.2, 0.25) is 0 Å². The predicted molar refractivity (Wildman–Crippen MR) is 75.7 cm³/mol. The number of carbonyl (C=O) groups excluding carboxylic acids is 1. The van der Waals surface area contributed by atoms with Crippen molar-refractivity contribution in [1.29, 1.82) is 5.26 Å². The zero-order valence-corrected chi connectivity index (χ0v) is 12.3. The molecule has 0 aliphatic heterocycles. The topological polar surface area (TPSA) is 84.7 Å². The van der Waals surface area contributed by atoms with Gasteiger partial charge < -0.3 is 5.73 Å². The summed E-state index contributed by atoms with van der Waals surface area (Å²) in [4.78, 5) is 11.2. The molecule has 1 aliphatic carbocycles. The number of nitrogens with zero attached hydrogens (tertiary/aromatic N) is 3. The van der Waals surface area contributed by atoms with Crippen molar-refractivity contribution in [2.45, 2.75) is 46.1 Å². The molecule has 1 fully saturated rings. The largest absolute Gasteiger partial charge is 0.366 e. The van der Waals surface area contributed by atoms with Crippen LogP contribution >= 0.6 is 0 Å². The van der Waals surface area contributed by atoms with Crippen molar-refractivity contribution >= 4 is 5.91 Å². The number of primary amides is 1. The molecule has 1 saturated carbocycles. The van der Waals surface area contributed by atoms with Gasteiger partial charge in [0.1, 0.15) is 0 Å². The highest BCUT2D eigenvalue weighted by Crippen LogP contribution is 2.44. The molecule has 3 unspecified atom stereocenters. The molecule has 1 amide bonds. The maximum absolute atomic E-state index is 11.2. The minimum absolute atomic E-state index is 0.0334. The lowest BCUT2D eigenvalue weighted by Crippen LogP contribution is -2.33. The van der Waals surface area contributed by atoms with E-state index in [1.165, 1.54) is 6.20 Å². The third kappa shape index (κ3) is 2.84. The second-order valence-corrected chi connectivity index (χ2v) is 6.75. The minimum Gasteiger partial charge on any atom is -0.366 e. The molecule has 5 heteroatoms. The lowest BCUT2D eigenvalue weighted by atomic mass is 9.68. The van der Waals surface area contributed by atoms with Crippen LogP contribution in [0.25, 0.3) is 0 Å². The average Bonchev–Trinajstić information content (AvgIpc) is 2.86. The monoisotopic (exact) mass is 274 g/mol. The van der Waals surface area contributed by atoms with Crippen molar-refractivity contribution in [2.24, 2.45) is 23.0 Å². The van der Waals surface area contributed by atoms with Crippen LogP contribution in [-0.2, 0) is 0 Å². The summed E-state index contributed by atoms with van der Waals surface area (Å²) in [5, 5.41) is 13.6. The number of nitriles is 1. The summed E-state index contributed by atoms with van der Waals surface area (Å²) >= 11 is 0. The van der Waals surface area contributed by atoms with Crippen LogP contribution in [0.3, 0.4) is 0 Å². The first-order chi connectivity index (χ1) is 9.32. The third-order valence-corrected chi connectivity index (χ3v) is 4.43. The van der Waals surface area contributed by atoms with Gasteiger partial charge in [0.25, 0.3) is 5.91 Å². The zero-order valence-electron chi connectivity index (χ0n) is 12.3. The number of aromatic nitrogens is 2. The molecule has 1 heterocycles. The van der Waals surface area contributed by atoms with Gasteiger partial charge in [0.05, 0.1) is 29.8 Å². The molecule has 2 rings (SSSR count). The van der Waals surface area contributed by atoms with Crippen molar-refractivity contribution in [1.82, 2.24) is 9.78 Å². The fraction of sp³-hybridized carbons (Fsp3) is 0.667. The number of amides is 1. The summed E-state index contributed by atoms with van der Waals surface area (Å²) < 4.78 is 1.76. The molecular weight excluding hydrogens is 252 g/mol. The van der Waals surface area contributed by atoms with Crippen molar-refractivity contribution in [3.05, 3.63) is 18.0 Å². The summed E-state index contributed by atoms with van der Waals surface area (Å²) in [6.45, 7) is 6.71. The van der Waals surface area contributed by atoms with E-state index in [1.54, 1.807) is 10.9 Å². The molecule has 108 valence electrons. The lowest BCUT2D eigenvalue weighted by molar-refractivity contribution is 0.0998. The Morgan fingerprint density at radius 2 is 2.20 bits per heavy atom. The van der Waals surface area contributed by atoms with E-state index in [4.69, 9.17) is 5.73 Å². The van der Waals surface area contributed by atoms with Gasteiger partial charge in [0.15, 0.2) is 0 Å². The molecule has 3 atom stereocenters. The van der Waals surface area contributed by atoms with Gasteiger partial charge in [0, 0.05) is 6.20 Å². The quantitative estimate of drug-likeness (QED) is 0.899. The first-order valence-electron chi connectivity index (χ1n) is 7.06. The molecule has 1 aromatic rings. The van der Waals surface area contributed by atoms with E-state index in [9.17, 15) is 10.1 Å². The Labute approximate surface area is 119 Å². The van der Waals surface area contributed by atoms with Gasteiger partial charge >= 0.3 is 0 Å². The van der Waals surface area contributed by atoms with E-state index < -0.39 is 5.91 Å². The van der Waals surface area contributed by atoms with Crippen LogP contribution in [0.15, 0.2) is 12.4 Å². The second kappa shape index (κ2) is 5.28. The molecule has 20 heavy (non-hydrogen) atoms. The van der Waals surface area contributed by atoms with E-state index in [2.05, 4.69) is 31.9 Å². The van der Waals surface area contributed by atoms with Crippen molar-refractivity contribution in [3.63, 3.8) is 0 Å². The molecule has 0 aromatic carbocycles. The summed E-state index contributed by atoms with van der Waals surface area (Å²) in [5.74, 6) is 0.0282. The van der Waals surface area contributed by atoms with Gasteiger partial charge in [-0.3, -0.25) is 9.48 Å². The minimum atomic E-state index is -0.479. The Morgan fingerprint density at radius 1 is 1.50 bits per heavy atom. The summed E-state index contributed by atoms with van der Waals surface area (Å²) in [5.41, 5.74) is 5.89. The highest BCUT2D eigenvalue weighted by Gasteiger charge is 2.37. The molecule has 0 spiro atoms. The van der Waals surface area contributed by atoms with E-state index >= 15 is 0 Å². The van der Waals surface area contributed by atoms with Crippen LogP contribution in [0, 0.1) is 28.6 Å². The highest BCUT2D eigenvalue weighted by atomic mass is 16.1. The maximum atomic E-state index is 11.2. The fourth-order valence-corrected chi connectivity index (χ4v) is 3.02. The van der Waals surface area contributed by atoms with Gasteiger partial charge in [-0.1, -0.05) is 20.8 Å².